The molecule has 10 nitrogen and oxygen atoms in total. The number of pyridine rings is 1. The highest BCUT2D eigenvalue weighted by molar-refractivity contribution is 5.95. The Morgan fingerprint density at radius 3 is 2.15 bits per heavy atom. The van der Waals surface area contributed by atoms with Gasteiger partial charge in [0.2, 0.25) is 0 Å². The number of hydrogen-bond donors (Lipinski definition) is 1. The number of amides is 1. The summed E-state index contributed by atoms with van der Waals surface area (Å²) >= 11 is 0. The number of carbonyl (C=O) groups is 1. The third kappa shape index (κ3) is 4.16. The molecule has 10 heteroatoms. The van der Waals surface area contributed by atoms with E-state index in [0.29, 0.717) is 21.8 Å². The fourth-order valence-corrected chi connectivity index (χ4v) is 3.75. The van der Waals surface area contributed by atoms with Gasteiger partial charge in [0.25, 0.3) is 11.6 Å². The average Bonchev–Trinajstić information content (AvgIpc) is 2.86. The summed E-state index contributed by atoms with van der Waals surface area (Å²) in [7, 11) is 2.78. The Labute approximate surface area is 193 Å². The summed E-state index contributed by atoms with van der Waals surface area (Å²) in [5.74, 6) is 0.0118. The Morgan fingerprint density at radius 2 is 1.59 bits per heavy atom. The Morgan fingerprint density at radius 1 is 1.03 bits per heavy atom. The van der Waals surface area contributed by atoms with Gasteiger partial charge in [-0.1, -0.05) is 24.3 Å². The van der Waals surface area contributed by atoms with Gasteiger partial charge in [0.1, 0.15) is 6.54 Å². The van der Waals surface area contributed by atoms with Gasteiger partial charge in [-0.05, 0) is 30.3 Å². The Kier molecular flexibility index (Phi) is 6.22. The lowest BCUT2D eigenvalue weighted by molar-refractivity contribution is -0.385. The Hall–Kier alpha value is -4.73. The van der Waals surface area contributed by atoms with Crippen molar-refractivity contribution in [3.63, 3.8) is 0 Å². The molecular weight excluding hydrogens is 440 g/mol. The van der Waals surface area contributed by atoms with Gasteiger partial charge < -0.3 is 14.0 Å². The molecule has 0 fully saturated rings. The summed E-state index contributed by atoms with van der Waals surface area (Å²) in [6.45, 7) is -0.118. The zero-order valence-corrected chi connectivity index (χ0v) is 18.3. The monoisotopic (exact) mass is 460 g/mol. The van der Waals surface area contributed by atoms with Crippen molar-refractivity contribution in [3.05, 3.63) is 86.6 Å². The second-order valence-corrected chi connectivity index (χ2v) is 7.27. The van der Waals surface area contributed by atoms with Crippen LogP contribution in [-0.4, -0.2) is 35.8 Å². The van der Waals surface area contributed by atoms with Gasteiger partial charge >= 0.3 is 0 Å². The second kappa shape index (κ2) is 9.41. The molecule has 0 saturated carbocycles. The molecule has 0 radical (unpaired) electrons. The van der Waals surface area contributed by atoms with Crippen LogP contribution in [0.1, 0.15) is 5.56 Å². The van der Waals surface area contributed by atoms with E-state index in [1.807, 2.05) is 0 Å². The van der Waals surface area contributed by atoms with Gasteiger partial charge in [0.15, 0.2) is 16.9 Å². The van der Waals surface area contributed by atoms with Gasteiger partial charge in [-0.2, -0.15) is 5.10 Å². The number of para-hydroxylation sites is 2. The number of methoxy groups -OCH3 is 2. The minimum Gasteiger partial charge on any atom is -0.493 e. The number of hydrazone groups is 1. The van der Waals surface area contributed by atoms with E-state index < -0.39 is 10.8 Å². The van der Waals surface area contributed by atoms with Gasteiger partial charge in [-0.15, -0.1) is 0 Å². The van der Waals surface area contributed by atoms with Gasteiger partial charge in [-0.25, -0.2) is 5.43 Å². The number of nitrogens with zero attached hydrogens (tertiary/aromatic N) is 3. The first-order chi connectivity index (χ1) is 16.4. The van der Waals surface area contributed by atoms with E-state index in [2.05, 4.69) is 10.5 Å². The summed E-state index contributed by atoms with van der Waals surface area (Å²) in [5, 5.41) is 16.3. The highest BCUT2D eigenvalue weighted by Crippen LogP contribution is 2.33. The van der Waals surface area contributed by atoms with Crippen LogP contribution in [0.5, 0.6) is 11.5 Å². The molecule has 0 spiro atoms. The van der Waals surface area contributed by atoms with Crippen LogP contribution < -0.4 is 20.3 Å². The first-order valence-corrected chi connectivity index (χ1v) is 10.2. The van der Waals surface area contributed by atoms with Crippen molar-refractivity contribution in [3.8, 4) is 11.5 Å². The number of aromatic nitrogens is 1. The van der Waals surface area contributed by atoms with Crippen molar-refractivity contribution in [2.24, 2.45) is 5.10 Å². The number of carbonyl (C=O) groups excluding carboxylic acids is 1. The normalized spacial score (nSPS) is 11.1. The first kappa shape index (κ1) is 22.5. The van der Waals surface area contributed by atoms with E-state index in [1.54, 1.807) is 53.1 Å². The van der Waals surface area contributed by atoms with Crippen molar-refractivity contribution in [1.29, 1.82) is 0 Å². The number of hydrogen-bond acceptors (Lipinski definition) is 7. The number of ether oxygens (including phenoxy) is 2. The number of nitrogens with one attached hydrogen (secondary N) is 1. The maximum Gasteiger partial charge on any atom is 0.282 e. The van der Waals surface area contributed by atoms with Crippen LogP contribution in [0.25, 0.3) is 21.8 Å². The molecule has 34 heavy (non-hydrogen) atoms. The van der Waals surface area contributed by atoms with Crippen LogP contribution in [0.2, 0.25) is 0 Å². The van der Waals surface area contributed by atoms with Crippen LogP contribution in [0.15, 0.2) is 70.6 Å². The SMILES string of the molecule is COc1cc(/C=N\NC(=O)Cn2c3ccccc3c(=O)c3ccccc32)c([N+](=O)[O-])cc1OC. The van der Waals surface area contributed by atoms with Gasteiger partial charge in [0.05, 0.1) is 48.0 Å². The smallest absolute Gasteiger partial charge is 0.282 e. The van der Waals surface area contributed by atoms with Crippen molar-refractivity contribution in [1.82, 2.24) is 9.99 Å². The summed E-state index contributed by atoms with van der Waals surface area (Å²) < 4.78 is 12.0. The summed E-state index contributed by atoms with van der Waals surface area (Å²) in [4.78, 5) is 36.4. The summed E-state index contributed by atoms with van der Waals surface area (Å²) in [6, 6.07) is 16.7. The van der Waals surface area contributed by atoms with Crippen molar-refractivity contribution < 1.29 is 19.2 Å². The highest BCUT2D eigenvalue weighted by Gasteiger charge is 2.18. The summed E-state index contributed by atoms with van der Waals surface area (Å²) in [5.41, 5.74) is 3.38. The zero-order chi connectivity index (χ0) is 24.2. The zero-order valence-electron chi connectivity index (χ0n) is 18.3. The molecule has 1 aromatic heterocycles. The third-order valence-electron chi connectivity index (χ3n) is 5.30. The maximum atomic E-state index is 12.8. The van der Waals surface area contributed by atoms with E-state index in [-0.39, 0.29) is 34.7 Å². The van der Waals surface area contributed by atoms with E-state index >= 15 is 0 Å². The number of nitro benzene ring substituents is 1. The highest BCUT2D eigenvalue weighted by atomic mass is 16.6. The minimum atomic E-state index is -0.580. The maximum absolute atomic E-state index is 12.8. The molecule has 4 rings (SSSR count). The number of rotatable bonds is 7. The molecule has 3 aromatic carbocycles. The molecule has 0 bridgehead atoms. The van der Waals surface area contributed by atoms with E-state index in [1.165, 1.54) is 32.6 Å². The average molecular weight is 460 g/mol. The topological polar surface area (TPSA) is 125 Å². The lowest BCUT2D eigenvalue weighted by Gasteiger charge is -2.14. The molecule has 1 N–H and O–H groups in total. The molecule has 0 aliphatic carbocycles. The number of nitro groups is 1. The largest absolute Gasteiger partial charge is 0.493 e. The molecule has 172 valence electrons. The lowest BCUT2D eigenvalue weighted by Crippen LogP contribution is -2.25. The predicted molar refractivity (Wildman–Crippen MR) is 128 cm³/mol. The number of benzene rings is 3. The van der Waals surface area contributed by atoms with Gasteiger partial charge in [-0.3, -0.25) is 19.7 Å². The second-order valence-electron chi connectivity index (χ2n) is 7.27. The fraction of sp³-hybridized carbons (Fsp3) is 0.125. The number of fused-ring (bicyclic) bond motifs is 2. The quantitative estimate of drug-likeness (QED) is 0.195. The first-order valence-electron chi connectivity index (χ1n) is 10.2. The Balaban J connectivity index is 1.64. The standard InChI is InChI=1S/C24H20N4O6/c1-33-21-11-15(20(28(31)32)12-22(21)34-2)13-25-26-23(29)14-27-18-9-5-3-7-16(18)24(30)17-8-4-6-10-19(17)27/h3-13H,14H2,1-2H3,(H,26,29)/b25-13-. The third-order valence-corrected chi connectivity index (χ3v) is 5.30. The van der Waals surface area contributed by atoms with Crippen molar-refractivity contribution in [2.45, 2.75) is 6.54 Å². The van der Waals surface area contributed by atoms with E-state index in [0.717, 1.165) is 0 Å². The minimum absolute atomic E-state index is 0.110. The van der Waals surface area contributed by atoms with Crippen molar-refractivity contribution in [2.75, 3.05) is 14.2 Å². The van der Waals surface area contributed by atoms with Crippen LogP contribution in [0, 0.1) is 10.1 Å². The van der Waals surface area contributed by atoms with E-state index in [9.17, 15) is 19.7 Å². The molecule has 1 heterocycles. The predicted octanol–water partition coefficient (Wildman–Crippen LogP) is 3.23. The van der Waals surface area contributed by atoms with Crippen LogP contribution in [-0.2, 0) is 11.3 Å². The molecule has 1 amide bonds. The van der Waals surface area contributed by atoms with E-state index in [4.69, 9.17) is 9.47 Å². The molecule has 4 aromatic rings. The van der Waals surface area contributed by atoms with Crippen molar-refractivity contribution >= 4 is 39.6 Å². The molecule has 0 saturated heterocycles. The molecule has 0 atom stereocenters. The molecule has 0 aliphatic rings. The molecular formula is C24H20N4O6. The summed E-state index contributed by atoms with van der Waals surface area (Å²) in [6.07, 6.45) is 1.17. The van der Waals surface area contributed by atoms with Crippen LogP contribution in [0.3, 0.4) is 0 Å². The Bertz CT molecular complexity index is 1450. The molecule has 0 aliphatic heterocycles. The lowest BCUT2D eigenvalue weighted by atomic mass is 10.1. The molecule has 0 unspecified atom stereocenters. The van der Waals surface area contributed by atoms with Gasteiger partial charge in [0, 0.05) is 10.8 Å². The van der Waals surface area contributed by atoms with Crippen LogP contribution in [0.4, 0.5) is 5.69 Å². The van der Waals surface area contributed by atoms with Crippen LogP contribution >= 0.6 is 0 Å². The fourth-order valence-electron chi connectivity index (χ4n) is 3.75.